The number of hydrogen-bond acceptors (Lipinski definition) is 2. The van der Waals surface area contributed by atoms with Gasteiger partial charge in [0.1, 0.15) is 5.75 Å². The molecule has 18 heavy (non-hydrogen) atoms. The summed E-state index contributed by atoms with van der Waals surface area (Å²) in [6.45, 7) is 0. The van der Waals surface area contributed by atoms with E-state index in [0.717, 1.165) is 37.8 Å². The summed E-state index contributed by atoms with van der Waals surface area (Å²) in [5, 5.41) is 0. The normalized spacial score (nSPS) is 23.7. The molecule has 1 aromatic carbocycles. The molecule has 0 amide bonds. The monoisotopic (exact) mass is 366 g/mol. The van der Waals surface area contributed by atoms with E-state index in [2.05, 4.69) is 22.6 Å². The minimum atomic E-state index is -1.00. The van der Waals surface area contributed by atoms with Crippen LogP contribution in [0.3, 0.4) is 0 Å². The molecule has 1 aliphatic carbocycles. The molecule has 1 aliphatic rings. The van der Waals surface area contributed by atoms with E-state index in [-0.39, 0.29) is 17.6 Å². The van der Waals surface area contributed by atoms with Gasteiger partial charge < -0.3 is 4.74 Å². The van der Waals surface area contributed by atoms with Crippen molar-refractivity contribution in [1.29, 1.82) is 0 Å². The summed E-state index contributed by atoms with van der Waals surface area (Å²) in [6.07, 6.45) is 3.60. The number of alkyl halides is 1. The molecule has 0 heterocycles. The average molecular weight is 366 g/mol. The number of esters is 1. The molecule has 1 aromatic rings. The Morgan fingerprint density at radius 3 is 2.44 bits per heavy atom. The van der Waals surface area contributed by atoms with Crippen molar-refractivity contribution in [3.05, 3.63) is 29.8 Å². The van der Waals surface area contributed by atoms with Gasteiger partial charge in [-0.05, 0) is 37.8 Å². The highest BCUT2D eigenvalue weighted by Crippen LogP contribution is 2.30. The topological polar surface area (TPSA) is 26.3 Å². The van der Waals surface area contributed by atoms with Crippen LogP contribution in [-0.2, 0) is 4.79 Å². The third kappa shape index (κ3) is 3.40. The first-order valence-electron chi connectivity index (χ1n) is 5.87. The first-order chi connectivity index (χ1) is 8.56. The van der Waals surface area contributed by atoms with Gasteiger partial charge in [-0.2, -0.15) is 0 Å². The number of benzene rings is 1. The lowest BCUT2D eigenvalue weighted by molar-refractivity contribution is -0.139. The second kappa shape index (κ2) is 5.95. The summed E-state index contributed by atoms with van der Waals surface area (Å²) in [6, 6.07) is 3.12. The summed E-state index contributed by atoms with van der Waals surface area (Å²) < 4.78 is 31.4. The molecule has 0 atom stereocenters. The number of halogens is 3. The molecule has 0 bridgehead atoms. The lowest BCUT2D eigenvalue weighted by Gasteiger charge is -2.23. The minimum Gasteiger partial charge on any atom is -0.426 e. The van der Waals surface area contributed by atoms with Crippen molar-refractivity contribution < 1.29 is 18.3 Å². The summed E-state index contributed by atoms with van der Waals surface area (Å²) in [5.74, 6) is -2.35. The Kier molecular flexibility index (Phi) is 4.53. The predicted molar refractivity (Wildman–Crippen MR) is 71.8 cm³/mol. The van der Waals surface area contributed by atoms with Gasteiger partial charge in [0.2, 0.25) is 0 Å². The first kappa shape index (κ1) is 13.7. The van der Waals surface area contributed by atoms with Crippen LogP contribution in [0.2, 0.25) is 0 Å². The van der Waals surface area contributed by atoms with Gasteiger partial charge in [-0.1, -0.05) is 22.6 Å². The van der Waals surface area contributed by atoms with E-state index in [1.807, 2.05) is 0 Å². The largest absolute Gasteiger partial charge is 0.426 e. The molecular weight excluding hydrogens is 353 g/mol. The number of carbonyl (C=O) groups is 1. The lowest BCUT2D eigenvalue weighted by atomic mass is 9.89. The molecule has 2 nitrogen and oxygen atoms in total. The molecule has 0 unspecified atom stereocenters. The molecule has 0 radical (unpaired) electrons. The summed E-state index contributed by atoms with van der Waals surface area (Å²) >= 11 is 2.38. The van der Waals surface area contributed by atoms with Crippen molar-refractivity contribution in [2.24, 2.45) is 5.92 Å². The smallest absolute Gasteiger partial charge is 0.314 e. The molecule has 0 saturated heterocycles. The van der Waals surface area contributed by atoms with Gasteiger partial charge in [0, 0.05) is 9.99 Å². The third-order valence-corrected chi connectivity index (χ3v) is 4.35. The summed E-state index contributed by atoms with van der Waals surface area (Å²) in [7, 11) is 0. The molecule has 1 fully saturated rings. The van der Waals surface area contributed by atoms with Crippen molar-refractivity contribution in [3.63, 3.8) is 0 Å². The van der Waals surface area contributed by atoms with E-state index >= 15 is 0 Å². The van der Waals surface area contributed by atoms with Crippen molar-refractivity contribution in [3.8, 4) is 5.75 Å². The van der Waals surface area contributed by atoms with Crippen LogP contribution in [0, 0.1) is 17.6 Å². The molecule has 0 spiro atoms. The third-order valence-electron chi connectivity index (χ3n) is 3.10. The molecule has 0 aromatic heterocycles. The highest BCUT2D eigenvalue weighted by molar-refractivity contribution is 14.1. The van der Waals surface area contributed by atoms with E-state index in [1.165, 1.54) is 6.07 Å². The number of rotatable bonds is 2. The van der Waals surface area contributed by atoms with Gasteiger partial charge in [-0.15, -0.1) is 0 Å². The van der Waals surface area contributed by atoms with Gasteiger partial charge in [0.15, 0.2) is 11.6 Å². The SMILES string of the molecule is O=C(Oc1ccc(F)c(F)c1)C1CCC(I)CC1. The molecule has 98 valence electrons. The zero-order valence-electron chi connectivity index (χ0n) is 9.67. The zero-order chi connectivity index (χ0) is 13.1. The van der Waals surface area contributed by atoms with Crippen LogP contribution in [0.1, 0.15) is 25.7 Å². The van der Waals surface area contributed by atoms with Gasteiger partial charge in [0.05, 0.1) is 5.92 Å². The van der Waals surface area contributed by atoms with Crippen LogP contribution in [0.4, 0.5) is 8.78 Å². The average Bonchev–Trinajstić information content (AvgIpc) is 2.34. The maximum atomic E-state index is 13.0. The molecule has 1 saturated carbocycles. The fourth-order valence-electron chi connectivity index (χ4n) is 2.03. The number of ether oxygens (including phenoxy) is 1. The maximum absolute atomic E-state index is 13.0. The van der Waals surface area contributed by atoms with Crippen molar-refractivity contribution in [2.45, 2.75) is 29.6 Å². The molecule has 5 heteroatoms. The van der Waals surface area contributed by atoms with Crippen molar-refractivity contribution >= 4 is 28.6 Å². The Hall–Kier alpha value is -0.720. The van der Waals surface area contributed by atoms with Crippen LogP contribution in [0.25, 0.3) is 0 Å². The Bertz CT molecular complexity index is 443. The van der Waals surface area contributed by atoms with E-state index < -0.39 is 11.6 Å². The Labute approximate surface area is 118 Å². The quantitative estimate of drug-likeness (QED) is 0.344. The minimum absolute atomic E-state index is 0.0653. The second-order valence-corrected chi connectivity index (χ2v) is 6.21. The van der Waals surface area contributed by atoms with Gasteiger partial charge in [-0.3, -0.25) is 4.79 Å². The van der Waals surface area contributed by atoms with Crippen LogP contribution in [0.15, 0.2) is 18.2 Å². The lowest BCUT2D eigenvalue weighted by Crippen LogP contribution is -2.25. The van der Waals surface area contributed by atoms with E-state index in [4.69, 9.17) is 4.74 Å². The van der Waals surface area contributed by atoms with E-state index in [9.17, 15) is 13.6 Å². The molecule has 0 aliphatic heterocycles. The van der Waals surface area contributed by atoms with Gasteiger partial charge in [-0.25, -0.2) is 8.78 Å². The first-order valence-corrected chi connectivity index (χ1v) is 7.11. The summed E-state index contributed by atoms with van der Waals surface area (Å²) in [5.41, 5.74) is 0. The Morgan fingerprint density at radius 2 is 1.83 bits per heavy atom. The molecule has 2 rings (SSSR count). The second-order valence-electron chi connectivity index (χ2n) is 4.45. The number of carbonyl (C=O) groups excluding carboxylic acids is 1. The van der Waals surface area contributed by atoms with E-state index in [1.54, 1.807) is 0 Å². The fourth-order valence-corrected chi connectivity index (χ4v) is 2.75. The van der Waals surface area contributed by atoms with Crippen LogP contribution < -0.4 is 4.74 Å². The van der Waals surface area contributed by atoms with Crippen molar-refractivity contribution in [2.75, 3.05) is 0 Å². The highest BCUT2D eigenvalue weighted by atomic mass is 127. The fraction of sp³-hybridized carbons (Fsp3) is 0.462. The highest BCUT2D eigenvalue weighted by Gasteiger charge is 2.26. The van der Waals surface area contributed by atoms with Crippen LogP contribution >= 0.6 is 22.6 Å². The zero-order valence-corrected chi connectivity index (χ0v) is 11.8. The predicted octanol–water partition coefficient (Wildman–Crippen LogP) is 3.86. The number of hydrogen-bond donors (Lipinski definition) is 0. The molecular formula is C13H13F2IO2. The van der Waals surface area contributed by atoms with Gasteiger partial charge in [0.25, 0.3) is 0 Å². The maximum Gasteiger partial charge on any atom is 0.314 e. The Balaban J connectivity index is 1.96. The van der Waals surface area contributed by atoms with Crippen LogP contribution in [0.5, 0.6) is 5.75 Å². The standard InChI is InChI=1S/C13H13F2IO2/c14-11-6-5-10(7-12(11)15)18-13(17)8-1-3-9(16)4-2-8/h5-9H,1-4H2. The molecule has 0 N–H and O–H groups in total. The summed E-state index contributed by atoms with van der Waals surface area (Å²) in [4.78, 5) is 11.8. The van der Waals surface area contributed by atoms with E-state index in [0.29, 0.717) is 3.92 Å². The van der Waals surface area contributed by atoms with Crippen LogP contribution in [-0.4, -0.2) is 9.89 Å². The van der Waals surface area contributed by atoms with Crippen molar-refractivity contribution in [1.82, 2.24) is 0 Å². The van der Waals surface area contributed by atoms with Gasteiger partial charge >= 0.3 is 5.97 Å². The Morgan fingerprint density at radius 1 is 1.17 bits per heavy atom.